The molecule has 0 aliphatic carbocycles. The molecule has 3 aromatic carbocycles. The summed E-state index contributed by atoms with van der Waals surface area (Å²) in [5, 5.41) is 11.4. The zero-order valence-corrected chi connectivity index (χ0v) is 30.7. The fourth-order valence-electron chi connectivity index (χ4n) is 6.68. The largest absolute Gasteiger partial charge is 0.492 e. The lowest BCUT2D eigenvalue weighted by molar-refractivity contribution is -0.144. The van der Waals surface area contributed by atoms with Crippen LogP contribution >= 0.6 is 0 Å². The van der Waals surface area contributed by atoms with Crippen molar-refractivity contribution in [3.63, 3.8) is 0 Å². The third-order valence-corrected chi connectivity index (χ3v) is 9.86. The van der Waals surface area contributed by atoms with Gasteiger partial charge in [-0.1, -0.05) is 30.3 Å². The summed E-state index contributed by atoms with van der Waals surface area (Å²) >= 11 is 0. The van der Waals surface area contributed by atoms with Crippen molar-refractivity contribution >= 4 is 40.4 Å². The standard InChI is InChI=1S/C40H45N7O8/c1-24-36(50)42-16-19-54-29-9-11-30(12-10-29)55-40(39(53)44-25(2)37(51)46-33(38(52)43-24)20-26-6-4-3-5-7-26)14-17-47(18-15-40)23-28-22-34(48)31-21-27(35(41)49)8-13-32(31)45-28/h3-13,21-22,24-25,33H,14-20,23H2,1-2H3,(H2,41,49)(H,42,50)(H,43,52)(H,44,53)(H,45,48)(H,46,51)/t24-,25-,33-/m0/s1. The van der Waals surface area contributed by atoms with Crippen LogP contribution in [-0.2, 0) is 32.1 Å². The van der Waals surface area contributed by atoms with Crippen molar-refractivity contribution in [3.05, 3.63) is 106 Å². The molecule has 7 N–H and O–H groups in total. The molecule has 3 aliphatic heterocycles. The molecule has 3 aliphatic rings. The van der Waals surface area contributed by atoms with Crippen LogP contribution in [0.4, 0.5) is 0 Å². The fraction of sp³-hybridized carbons (Fsp3) is 0.350. The highest BCUT2D eigenvalue weighted by molar-refractivity contribution is 5.97. The third kappa shape index (κ3) is 9.48. The molecule has 4 aromatic rings. The molecule has 0 saturated carbocycles. The number of rotatable bonds is 5. The van der Waals surface area contributed by atoms with Crippen molar-refractivity contribution in [1.29, 1.82) is 0 Å². The Morgan fingerprint density at radius 1 is 0.818 bits per heavy atom. The van der Waals surface area contributed by atoms with Crippen molar-refractivity contribution in [2.24, 2.45) is 5.73 Å². The Labute approximate surface area is 317 Å². The number of piperidine rings is 1. The number of likely N-dealkylation sites (tertiary alicyclic amines) is 1. The Kier molecular flexibility index (Phi) is 11.8. The summed E-state index contributed by atoms with van der Waals surface area (Å²) in [4.78, 5) is 84.0. The molecule has 1 spiro atoms. The van der Waals surface area contributed by atoms with E-state index in [1.807, 2.05) is 30.3 Å². The Balaban J connectivity index is 1.22. The Morgan fingerprint density at radius 2 is 1.51 bits per heavy atom. The summed E-state index contributed by atoms with van der Waals surface area (Å²) in [5.74, 6) is -1.74. The molecular formula is C40H45N7O8. The predicted molar refractivity (Wildman–Crippen MR) is 203 cm³/mol. The second-order valence-electron chi connectivity index (χ2n) is 13.9. The van der Waals surface area contributed by atoms with E-state index < -0.39 is 53.3 Å². The number of hydrogen-bond donors (Lipinski definition) is 6. The number of nitrogens with zero attached hydrogens (tertiary/aromatic N) is 1. The fourth-order valence-corrected chi connectivity index (χ4v) is 6.68. The molecule has 15 heteroatoms. The number of carbonyl (C=O) groups is 5. The van der Waals surface area contributed by atoms with Crippen molar-refractivity contribution in [1.82, 2.24) is 31.2 Å². The van der Waals surface area contributed by atoms with Gasteiger partial charge >= 0.3 is 0 Å². The van der Waals surface area contributed by atoms with Gasteiger partial charge in [-0.05, 0) is 61.9 Å². The molecule has 4 heterocycles. The van der Waals surface area contributed by atoms with Crippen LogP contribution < -0.4 is 41.9 Å². The number of amides is 5. The molecule has 55 heavy (non-hydrogen) atoms. The monoisotopic (exact) mass is 751 g/mol. The van der Waals surface area contributed by atoms with E-state index in [1.54, 1.807) is 43.3 Å². The van der Waals surface area contributed by atoms with Crippen LogP contribution in [0.25, 0.3) is 10.9 Å². The van der Waals surface area contributed by atoms with Crippen LogP contribution in [0, 0.1) is 0 Å². The number of benzene rings is 3. The predicted octanol–water partition coefficient (Wildman–Crippen LogP) is 1.29. The molecule has 1 saturated heterocycles. The lowest BCUT2D eigenvalue weighted by atomic mass is 9.89. The Hall–Kier alpha value is -6.22. The molecule has 0 unspecified atom stereocenters. The number of aromatic amines is 1. The summed E-state index contributed by atoms with van der Waals surface area (Å²) in [6.07, 6.45) is 0.653. The van der Waals surface area contributed by atoms with E-state index in [2.05, 4.69) is 31.2 Å². The second-order valence-corrected chi connectivity index (χ2v) is 13.9. The minimum absolute atomic E-state index is 0.149. The van der Waals surface area contributed by atoms with E-state index in [9.17, 15) is 28.8 Å². The first kappa shape index (κ1) is 38.5. The van der Waals surface area contributed by atoms with Crippen molar-refractivity contribution in [2.75, 3.05) is 26.2 Å². The van der Waals surface area contributed by atoms with Crippen molar-refractivity contribution in [3.8, 4) is 11.5 Å². The van der Waals surface area contributed by atoms with Gasteiger partial charge in [-0.25, -0.2) is 0 Å². The number of nitrogens with one attached hydrogen (secondary N) is 5. The van der Waals surface area contributed by atoms with Gasteiger partial charge in [0, 0.05) is 67.1 Å². The minimum atomic E-state index is -1.36. The minimum Gasteiger partial charge on any atom is -0.492 e. The highest BCUT2D eigenvalue weighted by Gasteiger charge is 2.45. The number of hydrogen-bond acceptors (Lipinski definition) is 9. The van der Waals surface area contributed by atoms with E-state index >= 15 is 0 Å². The van der Waals surface area contributed by atoms with Gasteiger partial charge in [0.1, 0.15) is 36.2 Å². The highest BCUT2D eigenvalue weighted by Crippen LogP contribution is 2.31. The van der Waals surface area contributed by atoms with Gasteiger partial charge in [0.15, 0.2) is 11.0 Å². The normalized spacial score (nSPS) is 21.4. The lowest BCUT2D eigenvalue weighted by Crippen LogP contribution is -2.61. The molecule has 1 fully saturated rings. The van der Waals surface area contributed by atoms with Gasteiger partial charge in [-0.15, -0.1) is 0 Å². The van der Waals surface area contributed by atoms with E-state index in [-0.39, 0.29) is 43.4 Å². The summed E-state index contributed by atoms with van der Waals surface area (Å²) in [6, 6.07) is 19.1. The SMILES string of the molecule is C[C@@H]1NC(=O)[C@H](Cc2ccccc2)NC(=O)[C@H](C)NC(=O)C2(CCN(Cc3cc(=O)c4cc(C(N)=O)ccc4[nH]3)CC2)Oc2ccc(cc2)OCCNC1=O. The smallest absolute Gasteiger partial charge is 0.264 e. The zero-order chi connectivity index (χ0) is 39.1. The van der Waals surface area contributed by atoms with Gasteiger partial charge in [-0.2, -0.15) is 0 Å². The van der Waals surface area contributed by atoms with Gasteiger partial charge in [-0.3, -0.25) is 33.7 Å². The molecule has 288 valence electrons. The summed E-state index contributed by atoms with van der Waals surface area (Å²) < 4.78 is 12.3. The lowest BCUT2D eigenvalue weighted by Gasteiger charge is -2.41. The first-order chi connectivity index (χ1) is 26.4. The molecular weight excluding hydrogens is 706 g/mol. The maximum atomic E-state index is 14.2. The van der Waals surface area contributed by atoms with E-state index in [4.69, 9.17) is 15.2 Å². The quantitative estimate of drug-likeness (QED) is 0.162. The molecule has 5 amide bonds. The first-order valence-electron chi connectivity index (χ1n) is 18.2. The average molecular weight is 752 g/mol. The Bertz CT molecular complexity index is 2110. The van der Waals surface area contributed by atoms with Gasteiger partial charge in [0.25, 0.3) is 5.91 Å². The topological polar surface area (TPSA) is 214 Å². The number of aromatic nitrogens is 1. The number of fused-ring (bicyclic) bond motifs is 16. The molecule has 2 bridgehead atoms. The number of H-pyrrole nitrogens is 1. The van der Waals surface area contributed by atoms with Crippen LogP contribution in [0.5, 0.6) is 11.5 Å². The molecule has 7 rings (SSSR count). The number of carbonyl (C=O) groups excluding carboxylic acids is 5. The average Bonchev–Trinajstić information content (AvgIpc) is 3.17. The van der Waals surface area contributed by atoms with Gasteiger partial charge in [0.2, 0.25) is 23.6 Å². The van der Waals surface area contributed by atoms with Gasteiger partial charge < -0.3 is 41.5 Å². The first-order valence-corrected chi connectivity index (χ1v) is 18.2. The van der Waals surface area contributed by atoms with Crippen LogP contribution in [0.3, 0.4) is 0 Å². The maximum absolute atomic E-state index is 14.2. The molecule has 3 atom stereocenters. The van der Waals surface area contributed by atoms with Crippen LogP contribution in [0.2, 0.25) is 0 Å². The summed E-state index contributed by atoms with van der Waals surface area (Å²) in [6.45, 7) is 4.65. The van der Waals surface area contributed by atoms with Crippen molar-refractivity contribution in [2.45, 2.75) is 63.4 Å². The third-order valence-electron chi connectivity index (χ3n) is 9.86. The van der Waals surface area contributed by atoms with E-state index in [0.717, 1.165) is 5.56 Å². The molecule has 0 radical (unpaired) electrons. The maximum Gasteiger partial charge on any atom is 0.264 e. The Morgan fingerprint density at radius 3 is 2.22 bits per heavy atom. The van der Waals surface area contributed by atoms with Crippen LogP contribution in [-0.4, -0.2) is 89.4 Å². The summed E-state index contributed by atoms with van der Waals surface area (Å²) in [7, 11) is 0. The van der Waals surface area contributed by atoms with Crippen molar-refractivity contribution < 1.29 is 33.4 Å². The number of ether oxygens (including phenoxy) is 2. The van der Waals surface area contributed by atoms with Crippen LogP contribution in [0.1, 0.15) is 48.3 Å². The number of pyridine rings is 1. The van der Waals surface area contributed by atoms with Crippen LogP contribution in [0.15, 0.2) is 83.7 Å². The van der Waals surface area contributed by atoms with E-state index in [1.165, 1.54) is 19.1 Å². The highest BCUT2D eigenvalue weighted by atomic mass is 16.5. The summed E-state index contributed by atoms with van der Waals surface area (Å²) in [5.41, 5.74) is 6.04. The zero-order valence-electron chi connectivity index (χ0n) is 30.7. The van der Waals surface area contributed by atoms with E-state index in [0.29, 0.717) is 47.7 Å². The number of nitrogens with two attached hydrogens (primary N) is 1. The second kappa shape index (κ2) is 16.8. The number of primary amides is 1. The molecule has 15 nitrogen and oxygen atoms in total. The van der Waals surface area contributed by atoms with Gasteiger partial charge in [0.05, 0.1) is 6.54 Å². The molecule has 1 aromatic heterocycles.